The predicted molar refractivity (Wildman–Crippen MR) is 95.5 cm³/mol. The molecule has 0 aliphatic heterocycles. The highest BCUT2D eigenvalue weighted by Gasteiger charge is 2.13. The number of rotatable bonds is 7. The first-order valence-corrected chi connectivity index (χ1v) is 9.22. The van der Waals surface area contributed by atoms with Crippen LogP contribution in [0.2, 0.25) is 0 Å². The van der Waals surface area contributed by atoms with Gasteiger partial charge in [-0.25, -0.2) is 4.39 Å². The van der Waals surface area contributed by atoms with Gasteiger partial charge in [0.2, 0.25) is 11.0 Å². The lowest BCUT2D eigenvalue weighted by Crippen LogP contribution is -2.24. The molecule has 0 bridgehead atoms. The zero-order chi connectivity index (χ0) is 18.4. The van der Waals surface area contributed by atoms with Crippen LogP contribution in [0, 0.1) is 5.82 Å². The second-order valence-corrected chi connectivity index (χ2v) is 7.20. The van der Waals surface area contributed by atoms with Crippen LogP contribution < -0.4 is 10.6 Å². The second-order valence-electron chi connectivity index (χ2n) is 5.00. The molecule has 10 heteroatoms. The SMILES string of the molecule is O=C(CSc1nnc(NC(=O)c2ccco2)s1)NCc1ccc(F)cc1. The van der Waals surface area contributed by atoms with Gasteiger partial charge in [0.1, 0.15) is 5.82 Å². The number of hydrogen-bond acceptors (Lipinski definition) is 7. The maximum absolute atomic E-state index is 12.8. The van der Waals surface area contributed by atoms with Gasteiger partial charge in [-0.15, -0.1) is 10.2 Å². The summed E-state index contributed by atoms with van der Waals surface area (Å²) in [6, 6.07) is 9.06. The number of halogens is 1. The molecule has 3 aromatic rings. The van der Waals surface area contributed by atoms with Crippen LogP contribution in [0.4, 0.5) is 9.52 Å². The van der Waals surface area contributed by atoms with E-state index in [2.05, 4.69) is 20.8 Å². The Morgan fingerprint density at radius 3 is 2.73 bits per heavy atom. The molecule has 1 aromatic carbocycles. The summed E-state index contributed by atoms with van der Waals surface area (Å²) in [5.41, 5.74) is 0.809. The number of aromatic nitrogens is 2. The van der Waals surface area contributed by atoms with E-state index in [4.69, 9.17) is 4.42 Å². The molecule has 2 amide bonds. The zero-order valence-corrected chi connectivity index (χ0v) is 14.9. The lowest BCUT2D eigenvalue weighted by Gasteiger charge is -2.04. The van der Waals surface area contributed by atoms with Crippen molar-refractivity contribution in [1.82, 2.24) is 15.5 Å². The number of carbonyl (C=O) groups excluding carboxylic acids is 2. The number of hydrogen-bond donors (Lipinski definition) is 2. The molecule has 26 heavy (non-hydrogen) atoms. The van der Waals surface area contributed by atoms with Crippen LogP contribution in [0.25, 0.3) is 0 Å². The molecular weight excluding hydrogens is 379 g/mol. The average Bonchev–Trinajstić information content (AvgIpc) is 3.31. The van der Waals surface area contributed by atoms with E-state index in [9.17, 15) is 14.0 Å². The summed E-state index contributed by atoms with van der Waals surface area (Å²) in [6.07, 6.45) is 1.40. The van der Waals surface area contributed by atoms with Gasteiger partial charge in [0, 0.05) is 6.54 Å². The van der Waals surface area contributed by atoms with E-state index in [0.29, 0.717) is 16.0 Å². The monoisotopic (exact) mass is 392 g/mol. The highest BCUT2D eigenvalue weighted by atomic mass is 32.2. The van der Waals surface area contributed by atoms with Gasteiger partial charge in [0.15, 0.2) is 10.1 Å². The van der Waals surface area contributed by atoms with E-state index in [1.54, 1.807) is 18.2 Å². The van der Waals surface area contributed by atoms with Gasteiger partial charge < -0.3 is 9.73 Å². The number of amides is 2. The third-order valence-corrected chi connectivity index (χ3v) is 5.07. The summed E-state index contributed by atoms with van der Waals surface area (Å²) in [4.78, 5) is 23.7. The first-order valence-electron chi connectivity index (χ1n) is 7.42. The Hall–Kier alpha value is -2.72. The molecule has 0 saturated heterocycles. The molecule has 0 spiro atoms. The minimum Gasteiger partial charge on any atom is -0.459 e. The fraction of sp³-hybridized carbons (Fsp3) is 0.125. The van der Waals surface area contributed by atoms with Crippen molar-refractivity contribution in [2.45, 2.75) is 10.9 Å². The van der Waals surface area contributed by atoms with Crippen molar-refractivity contribution in [2.75, 3.05) is 11.1 Å². The summed E-state index contributed by atoms with van der Waals surface area (Å²) in [5.74, 6) is -0.589. The summed E-state index contributed by atoms with van der Waals surface area (Å²) in [5, 5.41) is 13.4. The van der Waals surface area contributed by atoms with Crippen molar-refractivity contribution in [3.05, 3.63) is 59.8 Å². The van der Waals surface area contributed by atoms with E-state index in [1.165, 1.54) is 36.2 Å². The Balaban J connectivity index is 1.43. The second kappa shape index (κ2) is 8.59. The number of thioether (sulfide) groups is 1. The molecule has 0 unspecified atom stereocenters. The van der Waals surface area contributed by atoms with Crippen molar-refractivity contribution in [1.29, 1.82) is 0 Å². The average molecular weight is 392 g/mol. The van der Waals surface area contributed by atoms with Crippen LogP contribution in [-0.4, -0.2) is 27.8 Å². The van der Waals surface area contributed by atoms with Crippen LogP contribution in [0.15, 0.2) is 51.4 Å². The number of carbonyl (C=O) groups is 2. The Morgan fingerprint density at radius 2 is 2.00 bits per heavy atom. The highest BCUT2D eigenvalue weighted by molar-refractivity contribution is 8.01. The third kappa shape index (κ3) is 5.14. The summed E-state index contributed by atoms with van der Waals surface area (Å²) in [7, 11) is 0. The minimum absolute atomic E-state index is 0.155. The molecule has 0 radical (unpaired) electrons. The Morgan fingerprint density at radius 1 is 1.19 bits per heavy atom. The largest absolute Gasteiger partial charge is 0.459 e. The highest BCUT2D eigenvalue weighted by Crippen LogP contribution is 2.25. The fourth-order valence-electron chi connectivity index (χ4n) is 1.87. The molecule has 0 aliphatic rings. The molecule has 0 atom stereocenters. The molecule has 2 N–H and O–H groups in total. The lowest BCUT2D eigenvalue weighted by atomic mass is 10.2. The Kier molecular flexibility index (Phi) is 5.97. The molecule has 0 saturated carbocycles. The van der Waals surface area contributed by atoms with Gasteiger partial charge in [0.25, 0.3) is 5.91 Å². The van der Waals surface area contributed by atoms with Gasteiger partial charge in [-0.3, -0.25) is 14.9 Å². The van der Waals surface area contributed by atoms with Gasteiger partial charge in [0.05, 0.1) is 12.0 Å². The number of benzene rings is 1. The number of nitrogens with one attached hydrogen (secondary N) is 2. The van der Waals surface area contributed by atoms with Crippen LogP contribution in [0.5, 0.6) is 0 Å². The molecule has 0 fully saturated rings. The smallest absolute Gasteiger partial charge is 0.293 e. The van der Waals surface area contributed by atoms with Gasteiger partial charge in [-0.2, -0.15) is 0 Å². The van der Waals surface area contributed by atoms with Crippen molar-refractivity contribution in [2.24, 2.45) is 0 Å². The van der Waals surface area contributed by atoms with Crippen molar-refractivity contribution in [3.8, 4) is 0 Å². The number of anilines is 1. The van der Waals surface area contributed by atoms with Crippen molar-refractivity contribution >= 4 is 40.0 Å². The van der Waals surface area contributed by atoms with E-state index in [-0.39, 0.29) is 23.2 Å². The van der Waals surface area contributed by atoms with Gasteiger partial charge >= 0.3 is 0 Å². The minimum atomic E-state index is -0.417. The number of furan rings is 1. The van der Waals surface area contributed by atoms with Crippen LogP contribution in [0.1, 0.15) is 16.1 Å². The fourth-order valence-corrected chi connectivity index (χ4v) is 3.44. The third-order valence-electron chi connectivity index (χ3n) is 3.10. The lowest BCUT2D eigenvalue weighted by molar-refractivity contribution is -0.118. The van der Waals surface area contributed by atoms with E-state index in [1.807, 2.05) is 0 Å². The summed E-state index contributed by atoms with van der Waals surface area (Å²) >= 11 is 2.37. The Bertz CT molecular complexity index is 881. The molecular formula is C16H13FN4O3S2. The van der Waals surface area contributed by atoms with Crippen molar-refractivity contribution in [3.63, 3.8) is 0 Å². The summed E-state index contributed by atoms with van der Waals surface area (Å²) < 4.78 is 18.4. The topological polar surface area (TPSA) is 97.1 Å². The molecule has 0 aliphatic carbocycles. The normalized spacial score (nSPS) is 10.5. The zero-order valence-electron chi connectivity index (χ0n) is 13.3. The van der Waals surface area contributed by atoms with Crippen molar-refractivity contribution < 1.29 is 18.4 Å². The van der Waals surface area contributed by atoms with Gasteiger partial charge in [-0.1, -0.05) is 35.2 Å². The van der Waals surface area contributed by atoms with Crippen LogP contribution in [-0.2, 0) is 11.3 Å². The van der Waals surface area contributed by atoms with Gasteiger partial charge in [-0.05, 0) is 29.8 Å². The molecule has 134 valence electrons. The molecule has 2 aromatic heterocycles. The first kappa shape index (κ1) is 18.1. The van der Waals surface area contributed by atoms with E-state index in [0.717, 1.165) is 16.9 Å². The maximum Gasteiger partial charge on any atom is 0.293 e. The quantitative estimate of drug-likeness (QED) is 0.474. The summed E-state index contributed by atoms with van der Waals surface area (Å²) in [6.45, 7) is 0.320. The molecule has 3 rings (SSSR count). The standard InChI is InChI=1S/C16H13FN4O3S2/c17-11-5-3-10(4-6-11)8-18-13(22)9-25-16-21-20-15(26-16)19-14(23)12-2-1-7-24-12/h1-7H,8-9H2,(H,18,22)(H,19,20,23). The van der Waals surface area contributed by atoms with Crippen LogP contribution in [0.3, 0.4) is 0 Å². The van der Waals surface area contributed by atoms with E-state index < -0.39 is 5.91 Å². The molecule has 2 heterocycles. The van der Waals surface area contributed by atoms with Crippen LogP contribution >= 0.6 is 23.1 Å². The van der Waals surface area contributed by atoms with E-state index >= 15 is 0 Å². The predicted octanol–water partition coefficient (Wildman–Crippen LogP) is 2.93. The number of nitrogens with zero attached hydrogens (tertiary/aromatic N) is 2. The first-order chi connectivity index (χ1) is 12.6. The molecule has 7 nitrogen and oxygen atoms in total. The maximum atomic E-state index is 12.8. The Labute approximate surface area is 156 Å².